The van der Waals surface area contributed by atoms with E-state index >= 15 is 0 Å². The van der Waals surface area contributed by atoms with Crippen LogP contribution in [-0.2, 0) is 19.1 Å². The van der Waals surface area contributed by atoms with Gasteiger partial charge in [-0.05, 0) is 80.6 Å². The van der Waals surface area contributed by atoms with E-state index in [1.807, 2.05) is 48.5 Å². The summed E-state index contributed by atoms with van der Waals surface area (Å²) >= 11 is 7.00. The molecular weight excluding hydrogens is 643 g/mol. The van der Waals surface area contributed by atoms with E-state index in [9.17, 15) is 23.6 Å². The highest BCUT2D eigenvalue weighted by Gasteiger charge is 2.32. The van der Waals surface area contributed by atoms with E-state index in [1.54, 1.807) is 34.6 Å². The minimum Gasteiger partial charge on any atom is -0.460 e. The molecule has 8 nitrogen and oxygen atoms in total. The molecule has 244 valence electrons. The second-order valence-corrected chi connectivity index (χ2v) is 13.9. The number of anilines is 1. The van der Waals surface area contributed by atoms with E-state index in [1.165, 1.54) is 12.1 Å². The average molecular weight is 677 g/mol. The van der Waals surface area contributed by atoms with Gasteiger partial charge in [-0.25, -0.2) is 9.18 Å². The van der Waals surface area contributed by atoms with E-state index in [4.69, 9.17) is 21.1 Å². The number of halogens is 2. The van der Waals surface area contributed by atoms with Gasteiger partial charge in [0.1, 0.15) is 29.1 Å². The summed E-state index contributed by atoms with van der Waals surface area (Å²) in [5.74, 6) is -3.18. The third-order valence-electron chi connectivity index (χ3n) is 7.77. The number of benzene rings is 3. The van der Waals surface area contributed by atoms with Crippen molar-refractivity contribution in [1.29, 1.82) is 0 Å². The molecule has 1 aromatic heterocycles. The van der Waals surface area contributed by atoms with Gasteiger partial charge >= 0.3 is 12.1 Å². The molecule has 47 heavy (non-hydrogen) atoms. The summed E-state index contributed by atoms with van der Waals surface area (Å²) in [5.41, 5.74) is 3.75. The maximum Gasteiger partial charge on any atom is 0.407 e. The number of nitrogens with one attached hydrogen (secondary N) is 2. The molecule has 0 saturated carbocycles. The molecule has 0 aliphatic heterocycles. The summed E-state index contributed by atoms with van der Waals surface area (Å²) in [6.07, 6.45) is -1.42. The van der Waals surface area contributed by atoms with Crippen LogP contribution in [0.2, 0.25) is 5.02 Å². The van der Waals surface area contributed by atoms with E-state index in [2.05, 4.69) is 10.6 Å². The van der Waals surface area contributed by atoms with Crippen molar-refractivity contribution in [3.63, 3.8) is 0 Å². The molecular formula is C36H34ClFN2O6S. The summed E-state index contributed by atoms with van der Waals surface area (Å²) in [6, 6.07) is 18.1. The third-order valence-corrected chi connectivity index (χ3v) is 9.13. The van der Waals surface area contributed by atoms with Gasteiger partial charge in [0.2, 0.25) is 5.91 Å². The summed E-state index contributed by atoms with van der Waals surface area (Å²) in [5, 5.41) is 5.48. The number of rotatable bonds is 9. The van der Waals surface area contributed by atoms with Crippen molar-refractivity contribution in [2.45, 2.75) is 58.6 Å². The number of ketones is 1. The highest BCUT2D eigenvalue weighted by Crippen LogP contribution is 2.44. The van der Waals surface area contributed by atoms with Crippen molar-refractivity contribution in [3.05, 3.63) is 110 Å². The summed E-state index contributed by atoms with van der Waals surface area (Å²) < 4.78 is 25.8. The number of ether oxygens (including phenoxy) is 2. The number of hydrogen-bond acceptors (Lipinski definition) is 7. The molecule has 1 heterocycles. The van der Waals surface area contributed by atoms with Crippen LogP contribution in [0, 0.1) is 19.7 Å². The van der Waals surface area contributed by atoms with Crippen LogP contribution >= 0.6 is 22.9 Å². The number of amides is 2. The Hall–Kier alpha value is -4.54. The summed E-state index contributed by atoms with van der Waals surface area (Å²) in [7, 11) is 0. The van der Waals surface area contributed by atoms with Crippen LogP contribution in [-0.4, -0.2) is 42.0 Å². The molecule has 1 aliphatic carbocycles. The van der Waals surface area contributed by atoms with Crippen LogP contribution < -0.4 is 10.6 Å². The lowest BCUT2D eigenvalue weighted by Gasteiger charge is -2.23. The minimum atomic E-state index is -1.42. The molecule has 0 bridgehead atoms. The Kier molecular flexibility index (Phi) is 9.84. The van der Waals surface area contributed by atoms with Gasteiger partial charge in [-0.3, -0.25) is 14.4 Å². The topological polar surface area (TPSA) is 111 Å². The highest BCUT2D eigenvalue weighted by molar-refractivity contribution is 7.16. The Morgan fingerprint density at radius 3 is 2.17 bits per heavy atom. The molecule has 0 radical (unpaired) electrons. The van der Waals surface area contributed by atoms with E-state index < -0.39 is 47.6 Å². The van der Waals surface area contributed by atoms with Gasteiger partial charge in [0.15, 0.2) is 5.78 Å². The fourth-order valence-corrected chi connectivity index (χ4v) is 6.76. The molecule has 1 atom stereocenters. The number of hydrogen-bond donors (Lipinski definition) is 2. The first-order valence-electron chi connectivity index (χ1n) is 15.0. The number of carbonyl (C=O) groups is 4. The SMILES string of the molecule is Cc1sc(NC(=O)[C@H](CC(=O)OC(C)(C)C)NC(=O)OCC2c3ccccc3-c3ccccc32)c(C(=O)c2ccc(Cl)cc2F)c1C. The number of fused-ring (bicyclic) bond motifs is 3. The average Bonchev–Trinajstić information content (AvgIpc) is 3.47. The molecule has 4 aromatic rings. The Morgan fingerprint density at radius 1 is 0.957 bits per heavy atom. The van der Waals surface area contributed by atoms with Crippen LogP contribution in [0.25, 0.3) is 11.1 Å². The lowest BCUT2D eigenvalue weighted by Crippen LogP contribution is -2.46. The normalized spacial score (nSPS) is 12.9. The van der Waals surface area contributed by atoms with Crippen molar-refractivity contribution >= 4 is 51.7 Å². The number of esters is 1. The first-order valence-corrected chi connectivity index (χ1v) is 16.2. The molecule has 2 N–H and O–H groups in total. The predicted molar refractivity (Wildman–Crippen MR) is 180 cm³/mol. The Bertz CT molecular complexity index is 1840. The molecule has 1 aliphatic rings. The van der Waals surface area contributed by atoms with Gasteiger partial charge in [0.05, 0.1) is 17.5 Å². The van der Waals surface area contributed by atoms with Crippen LogP contribution in [0.1, 0.15) is 70.6 Å². The molecule has 11 heteroatoms. The molecule has 3 aromatic carbocycles. The van der Waals surface area contributed by atoms with Crippen molar-refractivity contribution in [2.75, 3.05) is 11.9 Å². The predicted octanol–water partition coefficient (Wildman–Crippen LogP) is 7.97. The number of carbonyl (C=O) groups excluding carboxylic acids is 4. The Morgan fingerprint density at radius 2 is 1.57 bits per heavy atom. The first kappa shape index (κ1) is 33.8. The third kappa shape index (κ3) is 7.55. The quantitative estimate of drug-likeness (QED) is 0.137. The maximum atomic E-state index is 14.7. The second-order valence-electron chi connectivity index (χ2n) is 12.2. The second kappa shape index (κ2) is 13.7. The molecule has 5 rings (SSSR count). The molecule has 0 saturated heterocycles. The molecule has 0 spiro atoms. The zero-order chi connectivity index (χ0) is 34.0. The van der Waals surface area contributed by atoms with Crippen molar-refractivity contribution in [2.24, 2.45) is 0 Å². The van der Waals surface area contributed by atoms with Crippen molar-refractivity contribution in [1.82, 2.24) is 5.32 Å². The zero-order valence-corrected chi connectivity index (χ0v) is 28.1. The lowest BCUT2D eigenvalue weighted by molar-refractivity contribution is -0.156. The molecule has 0 unspecified atom stereocenters. The number of aryl methyl sites for hydroxylation is 1. The Balaban J connectivity index is 1.36. The van der Waals surface area contributed by atoms with Crippen LogP contribution in [0.15, 0.2) is 66.7 Å². The highest BCUT2D eigenvalue weighted by atomic mass is 35.5. The number of alkyl carbamates (subject to hydrolysis) is 1. The largest absolute Gasteiger partial charge is 0.460 e. The minimum absolute atomic E-state index is 0.00471. The maximum absolute atomic E-state index is 14.7. The summed E-state index contributed by atoms with van der Waals surface area (Å²) in [4.78, 5) is 53.9. The fourth-order valence-electron chi connectivity index (χ4n) is 5.54. The van der Waals surface area contributed by atoms with Crippen LogP contribution in [0.3, 0.4) is 0 Å². The van der Waals surface area contributed by atoms with Gasteiger partial charge in [-0.15, -0.1) is 11.3 Å². The standard InChI is InChI=1S/C36H34ClFN2O6S/c1-19-20(2)47-34(31(19)32(42)26-15-14-21(37)16-28(26)38)40-33(43)29(17-30(41)46-36(3,4)5)39-35(44)45-18-27-24-12-8-6-10-22(24)23-11-7-9-13-25(23)27/h6-16,27,29H,17-18H2,1-5H3,(H,39,44)(H,40,43)/t29-/m0/s1. The van der Waals surface area contributed by atoms with Crippen molar-refractivity contribution in [3.8, 4) is 11.1 Å². The van der Waals surface area contributed by atoms with E-state index in [0.29, 0.717) is 10.4 Å². The van der Waals surface area contributed by atoms with Gasteiger partial charge < -0.3 is 20.1 Å². The van der Waals surface area contributed by atoms with Crippen molar-refractivity contribution < 1.29 is 33.0 Å². The number of thiophene rings is 1. The monoisotopic (exact) mass is 676 g/mol. The first-order chi connectivity index (χ1) is 22.2. The summed E-state index contributed by atoms with van der Waals surface area (Å²) in [6.45, 7) is 8.50. The van der Waals surface area contributed by atoms with Gasteiger partial charge in [0.25, 0.3) is 0 Å². The molecule has 0 fully saturated rings. The van der Waals surface area contributed by atoms with Gasteiger partial charge in [-0.1, -0.05) is 60.1 Å². The smallest absolute Gasteiger partial charge is 0.407 e. The van der Waals surface area contributed by atoms with Gasteiger partial charge in [0, 0.05) is 15.8 Å². The zero-order valence-electron chi connectivity index (χ0n) is 26.5. The Labute approximate surface area is 281 Å². The van der Waals surface area contributed by atoms with E-state index in [0.717, 1.165) is 39.7 Å². The lowest BCUT2D eigenvalue weighted by atomic mass is 9.98. The van der Waals surface area contributed by atoms with Crippen LogP contribution in [0.5, 0.6) is 0 Å². The van der Waals surface area contributed by atoms with E-state index in [-0.39, 0.29) is 33.7 Å². The fraction of sp³-hybridized carbons (Fsp3) is 0.278. The molecule has 2 amide bonds. The van der Waals surface area contributed by atoms with Crippen LogP contribution in [0.4, 0.5) is 14.2 Å². The van der Waals surface area contributed by atoms with Gasteiger partial charge in [-0.2, -0.15) is 0 Å².